The van der Waals surface area contributed by atoms with Crippen molar-refractivity contribution in [1.82, 2.24) is 0 Å². The third kappa shape index (κ3) is 2.43. The average Bonchev–Trinajstić information content (AvgIpc) is 2.82. The lowest BCUT2D eigenvalue weighted by Gasteiger charge is -2.33. The van der Waals surface area contributed by atoms with Crippen molar-refractivity contribution in [2.45, 2.75) is 45.1 Å². The first kappa shape index (κ1) is 14.1. The number of rotatable bonds is 2. The minimum atomic E-state index is -0.826. The molecule has 0 bridgehead atoms. The number of carboxylic acid groups (broad SMARTS) is 1. The first-order chi connectivity index (χ1) is 10.1. The molecule has 3 atom stereocenters. The van der Waals surface area contributed by atoms with E-state index in [-0.39, 0.29) is 17.9 Å². The minimum absolute atomic E-state index is 0.000417. The van der Waals surface area contributed by atoms with Crippen molar-refractivity contribution in [1.29, 1.82) is 0 Å². The van der Waals surface area contributed by atoms with Crippen LogP contribution in [0.3, 0.4) is 0 Å². The molecule has 1 saturated carbocycles. The summed E-state index contributed by atoms with van der Waals surface area (Å²) in [7, 11) is 0. The fourth-order valence-corrected chi connectivity index (χ4v) is 3.80. The van der Waals surface area contributed by atoms with E-state index >= 15 is 0 Å². The molecule has 0 spiro atoms. The first-order valence-electron chi connectivity index (χ1n) is 7.73. The summed E-state index contributed by atoms with van der Waals surface area (Å²) in [6.07, 6.45) is 4.03. The second-order valence-corrected chi connectivity index (χ2v) is 6.23. The van der Waals surface area contributed by atoms with Crippen LogP contribution in [0.4, 0.5) is 5.69 Å². The predicted molar refractivity (Wildman–Crippen MR) is 80.2 cm³/mol. The number of carbonyl (C=O) groups is 2. The number of hydrogen-bond donors (Lipinski definition) is 1. The second-order valence-electron chi connectivity index (χ2n) is 6.23. The fourth-order valence-electron chi connectivity index (χ4n) is 3.80. The van der Waals surface area contributed by atoms with E-state index in [9.17, 15) is 14.7 Å². The van der Waals surface area contributed by atoms with Crippen molar-refractivity contribution in [3.63, 3.8) is 0 Å². The summed E-state index contributed by atoms with van der Waals surface area (Å²) in [4.78, 5) is 26.2. The van der Waals surface area contributed by atoms with Gasteiger partial charge in [0.2, 0.25) is 5.91 Å². The highest BCUT2D eigenvalue weighted by Gasteiger charge is 2.41. The Kier molecular flexibility index (Phi) is 3.70. The van der Waals surface area contributed by atoms with E-state index in [0.717, 1.165) is 24.9 Å². The number of nitrogens with zero attached hydrogens (tertiary/aromatic N) is 1. The summed E-state index contributed by atoms with van der Waals surface area (Å²) in [5.74, 6) is -1.72. The number of aliphatic carboxylic acids is 1. The molecule has 2 aliphatic rings. The number of amides is 1. The van der Waals surface area contributed by atoms with Crippen LogP contribution in [0.15, 0.2) is 24.3 Å². The Morgan fingerprint density at radius 2 is 1.81 bits per heavy atom. The smallest absolute Gasteiger partial charge is 0.307 e. The van der Waals surface area contributed by atoms with Gasteiger partial charge in [-0.05, 0) is 37.8 Å². The van der Waals surface area contributed by atoms with E-state index in [2.05, 4.69) is 6.07 Å². The number of carboxylic acids is 1. The number of anilines is 1. The fraction of sp³-hybridized carbons (Fsp3) is 0.529. The third-order valence-corrected chi connectivity index (χ3v) is 4.85. The average molecular weight is 287 g/mol. The van der Waals surface area contributed by atoms with Crippen molar-refractivity contribution in [3.8, 4) is 0 Å². The van der Waals surface area contributed by atoms with E-state index in [1.54, 1.807) is 0 Å². The lowest BCUT2D eigenvalue weighted by Crippen LogP contribution is -2.45. The molecule has 1 fully saturated rings. The quantitative estimate of drug-likeness (QED) is 0.910. The van der Waals surface area contributed by atoms with Crippen molar-refractivity contribution < 1.29 is 14.7 Å². The molecule has 1 amide bonds. The molecule has 21 heavy (non-hydrogen) atoms. The second kappa shape index (κ2) is 5.51. The molecular weight excluding hydrogens is 266 g/mol. The SMILES string of the molecule is C[C@@H]1Cc2ccccc2N1C(=O)[C@@H]1CCCC[C@@H]1C(=O)O. The zero-order valence-corrected chi connectivity index (χ0v) is 12.3. The maximum Gasteiger partial charge on any atom is 0.307 e. The van der Waals surface area contributed by atoms with Crippen LogP contribution in [-0.2, 0) is 16.0 Å². The van der Waals surface area contributed by atoms with Gasteiger partial charge in [-0.3, -0.25) is 9.59 Å². The Labute approximate surface area is 124 Å². The molecule has 112 valence electrons. The van der Waals surface area contributed by atoms with Gasteiger partial charge in [0, 0.05) is 11.7 Å². The molecule has 4 heteroatoms. The number of hydrogen-bond acceptors (Lipinski definition) is 2. The van der Waals surface area contributed by atoms with Crippen molar-refractivity contribution in [2.24, 2.45) is 11.8 Å². The van der Waals surface area contributed by atoms with Gasteiger partial charge in [0.1, 0.15) is 0 Å². The lowest BCUT2D eigenvalue weighted by atomic mass is 9.78. The largest absolute Gasteiger partial charge is 0.481 e. The Balaban J connectivity index is 1.89. The Hall–Kier alpha value is -1.84. The molecule has 1 aliphatic heterocycles. The number of para-hydroxylation sites is 1. The molecule has 4 nitrogen and oxygen atoms in total. The van der Waals surface area contributed by atoms with Crippen LogP contribution in [0.2, 0.25) is 0 Å². The van der Waals surface area contributed by atoms with Crippen LogP contribution < -0.4 is 4.90 Å². The van der Waals surface area contributed by atoms with E-state index < -0.39 is 11.9 Å². The topological polar surface area (TPSA) is 57.6 Å². The first-order valence-corrected chi connectivity index (χ1v) is 7.73. The van der Waals surface area contributed by atoms with E-state index in [1.165, 1.54) is 5.56 Å². The summed E-state index contributed by atoms with van der Waals surface area (Å²) in [5, 5.41) is 9.39. The van der Waals surface area contributed by atoms with Crippen LogP contribution in [0, 0.1) is 11.8 Å². The zero-order chi connectivity index (χ0) is 15.0. The zero-order valence-electron chi connectivity index (χ0n) is 12.3. The summed E-state index contributed by atoms with van der Waals surface area (Å²) in [6, 6.07) is 8.06. The van der Waals surface area contributed by atoms with Crippen molar-refractivity contribution >= 4 is 17.6 Å². The van der Waals surface area contributed by atoms with Gasteiger partial charge in [-0.1, -0.05) is 31.0 Å². The molecule has 0 saturated heterocycles. The summed E-state index contributed by atoms with van der Waals surface area (Å²) < 4.78 is 0. The molecule has 1 aliphatic carbocycles. The van der Waals surface area contributed by atoms with Gasteiger partial charge in [0.05, 0.1) is 11.8 Å². The molecule has 1 aromatic carbocycles. The van der Waals surface area contributed by atoms with Crippen molar-refractivity contribution in [3.05, 3.63) is 29.8 Å². The molecule has 1 N–H and O–H groups in total. The molecular formula is C17H21NO3. The molecule has 1 heterocycles. The van der Waals surface area contributed by atoms with Gasteiger partial charge < -0.3 is 10.0 Å². The van der Waals surface area contributed by atoms with Gasteiger partial charge in [-0.25, -0.2) is 0 Å². The van der Waals surface area contributed by atoms with Crippen LogP contribution in [0.5, 0.6) is 0 Å². The highest BCUT2D eigenvalue weighted by Crippen LogP contribution is 2.37. The normalized spacial score (nSPS) is 28.2. The predicted octanol–water partition coefficient (Wildman–Crippen LogP) is 2.86. The van der Waals surface area contributed by atoms with Crippen LogP contribution >= 0.6 is 0 Å². The van der Waals surface area contributed by atoms with Gasteiger partial charge in [0.15, 0.2) is 0 Å². The minimum Gasteiger partial charge on any atom is -0.481 e. The highest BCUT2D eigenvalue weighted by atomic mass is 16.4. The van der Waals surface area contributed by atoms with Gasteiger partial charge in [-0.15, -0.1) is 0 Å². The van der Waals surface area contributed by atoms with Crippen LogP contribution in [0.25, 0.3) is 0 Å². The Morgan fingerprint density at radius 3 is 2.52 bits per heavy atom. The van der Waals surface area contributed by atoms with E-state index in [0.29, 0.717) is 12.8 Å². The van der Waals surface area contributed by atoms with Crippen molar-refractivity contribution in [2.75, 3.05) is 4.90 Å². The lowest BCUT2D eigenvalue weighted by molar-refractivity contribution is -0.148. The molecule has 0 radical (unpaired) electrons. The van der Waals surface area contributed by atoms with Gasteiger partial charge in [-0.2, -0.15) is 0 Å². The summed E-state index contributed by atoms with van der Waals surface area (Å²) >= 11 is 0. The molecule has 3 rings (SSSR count). The highest BCUT2D eigenvalue weighted by molar-refractivity contribution is 5.99. The third-order valence-electron chi connectivity index (χ3n) is 4.85. The summed E-state index contributed by atoms with van der Waals surface area (Å²) in [6.45, 7) is 2.04. The molecule has 1 aromatic rings. The Bertz CT molecular complexity index is 569. The molecule has 0 aromatic heterocycles. The van der Waals surface area contributed by atoms with Crippen LogP contribution in [-0.4, -0.2) is 23.0 Å². The van der Waals surface area contributed by atoms with Crippen LogP contribution in [0.1, 0.15) is 38.2 Å². The maximum absolute atomic E-state index is 13.0. The number of carbonyl (C=O) groups excluding carboxylic acids is 1. The van der Waals surface area contributed by atoms with E-state index in [4.69, 9.17) is 0 Å². The monoisotopic (exact) mass is 287 g/mol. The Morgan fingerprint density at radius 1 is 1.14 bits per heavy atom. The molecule has 0 unspecified atom stereocenters. The van der Waals surface area contributed by atoms with E-state index in [1.807, 2.05) is 30.0 Å². The standard InChI is InChI=1S/C17H21NO3/c1-11-10-12-6-2-5-9-15(12)18(11)16(19)13-7-3-4-8-14(13)17(20)21/h2,5-6,9,11,13-14H,3-4,7-8,10H2,1H3,(H,20,21)/t11-,13-,14+/m1/s1. The maximum atomic E-state index is 13.0. The summed E-state index contributed by atoms with van der Waals surface area (Å²) in [5.41, 5.74) is 2.14. The number of fused-ring (bicyclic) bond motifs is 1. The van der Waals surface area contributed by atoms with Gasteiger partial charge >= 0.3 is 5.97 Å². The van der Waals surface area contributed by atoms with Gasteiger partial charge in [0.25, 0.3) is 0 Å². The number of benzene rings is 1.